The number of ether oxygens (including phenoxy) is 1. The van der Waals surface area contributed by atoms with Crippen LogP contribution in [-0.4, -0.2) is 39.6 Å². The molecule has 0 radical (unpaired) electrons. The first-order valence-electron chi connectivity index (χ1n) is 6.24. The highest BCUT2D eigenvalue weighted by Gasteiger charge is 2.18. The van der Waals surface area contributed by atoms with Gasteiger partial charge in [0.05, 0.1) is 7.11 Å². The Kier molecular flexibility index (Phi) is 4.19. The number of hydrogen-bond donors (Lipinski definition) is 2. The first-order valence-corrected chi connectivity index (χ1v) is 6.24. The van der Waals surface area contributed by atoms with Crippen molar-refractivity contribution >= 4 is 11.9 Å². The number of rotatable bonds is 5. The lowest BCUT2D eigenvalue weighted by molar-refractivity contribution is 0.0741. The second kappa shape index (κ2) is 6.05. The molecule has 20 heavy (non-hydrogen) atoms. The van der Waals surface area contributed by atoms with E-state index in [1.165, 1.54) is 0 Å². The summed E-state index contributed by atoms with van der Waals surface area (Å²) in [6.45, 7) is 2.95. The van der Waals surface area contributed by atoms with Crippen LogP contribution < -0.4 is 10.5 Å². The standard InChI is InChI=1S/C13H17N5O2/c1-3-18(12(19)11-15-13(14)17-16-11)8-9-4-6-10(20-2)7-5-9/h4-7H,3,8H2,1-2H3,(H3,14,15,16,17). The molecule has 7 nitrogen and oxygen atoms in total. The molecule has 1 heterocycles. The van der Waals surface area contributed by atoms with Gasteiger partial charge in [0.1, 0.15) is 5.75 Å². The molecule has 0 atom stereocenters. The molecule has 0 unspecified atom stereocenters. The van der Waals surface area contributed by atoms with Crippen LogP contribution in [0, 0.1) is 0 Å². The molecule has 0 aliphatic heterocycles. The molecule has 0 aliphatic carbocycles. The number of methoxy groups -OCH3 is 1. The zero-order valence-corrected chi connectivity index (χ0v) is 11.5. The van der Waals surface area contributed by atoms with E-state index in [1.807, 2.05) is 31.2 Å². The van der Waals surface area contributed by atoms with Gasteiger partial charge in [-0.2, -0.15) is 4.98 Å². The predicted molar refractivity (Wildman–Crippen MR) is 74.2 cm³/mol. The van der Waals surface area contributed by atoms with Crippen molar-refractivity contribution in [2.24, 2.45) is 0 Å². The van der Waals surface area contributed by atoms with Crippen molar-refractivity contribution < 1.29 is 9.53 Å². The number of nitrogens with one attached hydrogen (secondary N) is 1. The van der Waals surface area contributed by atoms with Crippen LogP contribution in [0.5, 0.6) is 5.75 Å². The van der Waals surface area contributed by atoms with E-state index in [0.717, 1.165) is 11.3 Å². The summed E-state index contributed by atoms with van der Waals surface area (Å²) in [7, 11) is 1.62. The van der Waals surface area contributed by atoms with Crippen LogP contribution in [0.25, 0.3) is 0 Å². The van der Waals surface area contributed by atoms with E-state index < -0.39 is 0 Å². The largest absolute Gasteiger partial charge is 0.497 e. The van der Waals surface area contributed by atoms with Crippen molar-refractivity contribution in [2.75, 3.05) is 19.4 Å². The van der Waals surface area contributed by atoms with Gasteiger partial charge in [-0.05, 0) is 24.6 Å². The summed E-state index contributed by atoms with van der Waals surface area (Å²) in [4.78, 5) is 17.7. The van der Waals surface area contributed by atoms with E-state index >= 15 is 0 Å². The van der Waals surface area contributed by atoms with Gasteiger partial charge in [0.2, 0.25) is 11.8 Å². The maximum Gasteiger partial charge on any atom is 0.291 e. The summed E-state index contributed by atoms with van der Waals surface area (Å²) >= 11 is 0. The van der Waals surface area contributed by atoms with Gasteiger partial charge in [0.15, 0.2) is 0 Å². The van der Waals surface area contributed by atoms with Crippen molar-refractivity contribution in [3.05, 3.63) is 35.7 Å². The van der Waals surface area contributed by atoms with Crippen LogP contribution in [0.2, 0.25) is 0 Å². The lowest BCUT2D eigenvalue weighted by Crippen LogP contribution is -2.31. The molecule has 0 spiro atoms. The summed E-state index contributed by atoms with van der Waals surface area (Å²) in [5.41, 5.74) is 6.41. The fourth-order valence-corrected chi connectivity index (χ4v) is 1.80. The lowest BCUT2D eigenvalue weighted by Gasteiger charge is -2.19. The Balaban J connectivity index is 2.09. The molecule has 0 saturated carbocycles. The van der Waals surface area contributed by atoms with Crippen LogP contribution in [0.15, 0.2) is 24.3 Å². The summed E-state index contributed by atoms with van der Waals surface area (Å²) in [5.74, 6) is 0.769. The molecular weight excluding hydrogens is 258 g/mol. The maximum atomic E-state index is 12.2. The normalized spacial score (nSPS) is 10.3. The lowest BCUT2D eigenvalue weighted by atomic mass is 10.2. The van der Waals surface area contributed by atoms with E-state index in [-0.39, 0.29) is 17.7 Å². The molecule has 106 valence electrons. The molecule has 7 heteroatoms. The number of H-pyrrole nitrogens is 1. The topological polar surface area (TPSA) is 97.1 Å². The Labute approximate surface area is 116 Å². The van der Waals surface area contributed by atoms with Gasteiger partial charge < -0.3 is 15.4 Å². The van der Waals surface area contributed by atoms with Crippen molar-refractivity contribution in [3.8, 4) is 5.75 Å². The minimum absolute atomic E-state index is 0.0638. The highest BCUT2D eigenvalue weighted by Crippen LogP contribution is 2.14. The first-order chi connectivity index (χ1) is 9.63. The van der Waals surface area contributed by atoms with Crippen molar-refractivity contribution in [1.29, 1.82) is 0 Å². The number of nitrogen functional groups attached to an aromatic ring is 1. The van der Waals surface area contributed by atoms with Gasteiger partial charge in [-0.25, -0.2) is 0 Å². The molecule has 2 aromatic rings. The van der Waals surface area contributed by atoms with Crippen LogP contribution in [0.1, 0.15) is 23.1 Å². The van der Waals surface area contributed by atoms with Gasteiger partial charge in [-0.3, -0.25) is 9.89 Å². The molecular formula is C13H17N5O2. The zero-order valence-electron chi connectivity index (χ0n) is 11.5. The molecule has 1 aromatic heterocycles. The molecule has 0 aliphatic rings. The third-order valence-electron chi connectivity index (χ3n) is 2.91. The van der Waals surface area contributed by atoms with Crippen molar-refractivity contribution in [1.82, 2.24) is 20.1 Å². The van der Waals surface area contributed by atoms with E-state index in [0.29, 0.717) is 13.1 Å². The minimum atomic E-state index is -0.229. The van der Waals surface area contributed by atoms with Crippen LogP contribution in [0.4, 0.5) is 5.95 Å². The van der Waals surface area contributed by atoms with Gasteiger partial charge >= 0.3 is 0 Å². The number of amides is 1. The maximum absolute atomic E-state index is 12.2. The molecule has 3 N–H and O–H groups in total. The van der Waals surface area contributed by atoms with Crippen LogP contribution >= 0.6 is 0 Å². The Morgan fingerprint density at radius 1 is 1.40 bits per heavy atom. The number of aromatic amines is 1. The van der Waals surface area contributed by atoms with E-state index in [4.69, 9.17) is 10.5 Å². The second-order valence-electron chi connectivity index (χ2n) is 4.21. The number of carbonyl (C=O) groups excluding carboxylic acids is 1. The fourth-order valence-electron chi connectivity index (χ4n) is 1.80. The fraction of sp³-hybridized carbons (Fsp3) is 0.308. The highest BCUT2D eigenvalue weighted by atomic mass is 16.5. The molecule has 1 aromatic carbocycles. The number of benzene rings is 1. The summed E-state index contributed by atoms with van der Waals surface area (Å²) in [6.07, 6.45) is 0. The highest BCUT2D eigenvalue weighted by molar-refractivity contribution is 5.90. The molecule has 1 amide bonds. The van der Waals surface area contributed by atoms with Crippen molar-refractivity contribution in [2.45, 2.75) is 13.5 Å². The van der Waals surface area contributed by atoms with Gasteiger partial charge in [0.25, 0.3) is 5.91 Å². The van der Waals surface area contributed by atoms with Crippen molar-refractivity contribution in [3.63, 3.8) is 0 Å². The SMILES string of the molecule is CCN(Cc1ccc(OC)cc1)C(=O)c1nc(N)n[nH]1. The minimum Gasteiger partial charge on any atom is -0.497 e. The Bertz CT molecular complexity index is 579. The molecule has 0 fully saturated rings. The summed E-state index contributed by atoms with van der Waals surface area (Å²) in [6, 6.07) is 7.56. The van der Waals surface area contributed by atoms with Crippen LogP contribution in [0.3, 0.4) is 0 Å². The van der Waals surface area contributed by atoms with Crippen LogP contribution in [-0.2, 0) is 6.54 Å². The quantitative estimate of drug-likeness (QED) is 0.850. The second-order valence-corrected chi connectivity index (χ2v) is 4.21. The molecule has 0 bridgehead atoms. The van der Waals surface area contributed by atoms with Gasteiger partial charge in [-0.1, -0.05) is 12.1 Å². The van der Waals surface area contributed by atoms with Gasteiger partial charge in [-0.15, -0.1) is 5.10 Å². The van der Waals surface area contributed by atoms with E-state index in [9.17, 15) is 4.79 Å². The summed E-state index contributed by atoms with van der Waals surface area (Å²) in [5, 5.41) is 6.19. The van der Waals surface area contributed by atoms with Gasteiger partial charge in [0, 0.05) is 13.1 Å². The number of hydrogen-bond acceptors (Lipinski definition) is 5. The number of nitrogens with two attached hydrogens (primary N) is 1. The Morgan fingerprint density at radius 2 is 2.10 bits per heavy atom. The van der Waals surface area contributed by atoms with E-state index in [2.05, 4.69) is 15.2 Å². The number of anilines is 1. The first kappa shape index (κ1) is 13.9. The predicted octanol–water partition coefficient (Wildman–Crippen LogP) is 1.06. The molecule has 0 saturated heterocycles. The monoisotopic (exact) mass is 275 g/mol. The zero-order chi connectivity index (χ0) is 14.5. The smallest absolute Gasteiger partial charge is 0.291 e. The van der Waals surface area contributed by atoms with E-state index in [1.54, 1.807) is 12.0 Å². The Hall–Kier alpha value is -2.57. The third kappa shape index (κ3) is 3.05. The Morgan fingerprint density at radius 3 is 2.60 bits per heavy atom. The number of carbonyl (C=O) groups is 1. The summed E-state index contributed by atoms with van der Waals surface area (Å²) < 4.78 is 5.10. The number of nitrogens with zero attached hydrogens (tertiary/aromatic N) is 3. The average Bonchev–Trinajstić information content (AvgIpc) is 2.91. The number of aromatic nitrogens is 3. The third-order valence-corrected chi connectivity index (χ3v) is 2.91. The molecule has 2 rings (SSSR count). The average molecular weight is 275 g/mol.